The number of imidazole rings is 1. The molecule has 0 spiro atoms. The van der Waals surface area contributed by atoms with E-state index in [1.54, 1.807) is 6.20 Å². The molecule has 0 unspecified atom stereocenters. The average Bonchev–Trinajstić information content (AvgIpc) is 2.69. The van der Waals surface area contributed by atoms with Gasteiger partial charge in [-0.1, -0.05) is 0 Å². The molecule has 0 atom stereocenters. The van der Waals surface area contributed by atoms with Gasteiger partial charge in [-0.3, -0.25) is 4.79 Å². The van der Waals surface area contributed by atoms with Crippen LogP contribution in [0.15, 0.2) is 18.7 Å². The molecular weight excluding hydrogens is 206 g/mol. The zero-order valence-electron chi connectivity index (χ0n) is 9.43. The Morgan fingerprint density at radius 2 is 2.44 bits per heavy atom. The molecule has 16 heavy (non-hydrogen) atoms. The third kappa shape index (κ3) is 2.61. The highest BCUT2D eigenvalue weighted by Gasteiger charge is 2.29. The quantitative estimate of drug-likeness (QED) is 0.795. The fraction of sp³-hybridized carbons (Fsp3) is 0.636. The molecule has 1 aliphatic rings. The second-order valence-electron chi connectivity index (χ2n) is 4.24. The van der Waals surface area contributed by atoms with Gasteiger partial charge in [-0.25, -0.2) is 4.98 Å². The summed E-state index contributed by atoms with van der Waals surface area (Å²) in [5, 5.41) is 2.86. The summed E-state index contributed by atoms with van der Waals surface area (Å²) >= 11 is 0. The lowest BCUT2D eigenvalue weighted by Gasteiger charge is -2.36. The number of carbonyl (C=O) groups is 1. The summed E-state index contributed by atoms with van der Waals surface area (Å²) in [6.45, 7) is 0.908. The van der Waals surface area contributed by atoms with Crippen LogP contribution in [-0.4, -0.2) is 35.7 Å². The lowest BCUT2D eigenvalue weighted by molar-refractivity contribution is -0.125. The molecule has 1 saturated carbocycles. The van der Waals surface area contributed by atoms with Crippen LogP contribution >= 0.6 is 0 Å². The summed E-state index contributed by atoms with van der Waals surface area (Å²) in [7, 11) is 1.53. The number of carbonyl (C=O) groups excluding carboxylic acids is 1. The maximum absolute atomic E-state index is 11.1. The summed E-state index contributed by atoms with van der Waals surface area (Å²) in [6, 6.07) is 0.562. The van der Waals surface area contributed by atoms with Crippen molar-refractivity contribution in [1.29, 1.82) is 0 Å². The fourth-order valence-corrected chi connectivity index (χ4v) is 2.04. The van der Waals surface area contributed by atoms with Crippen molar-refractivity contribution < 1.29 is 9.53 Å². The smallest absolute Gasteiger partial charge is 0.245 e. The average molecular weight is 223 g/mol. The molecule has 88 valence electrons. The van der Waals surface area contributed by atoms with E-state index in [-0.39, 0.29) is 12.5 Å². The van der Waals surface area contributed by atoms with Crippen LogP contribution in [0.1, 0.15) is 18.9 Å². The van der Waals surface area contributed by atoms with E-state index in [2.05, 4.69) is 14.9 Å². The summed E-state index contributed by atoms with van der Waals surface area (Å²) in [4.78, 5) is 15.2. The first-order chi connectivity index (χ1) is 7.79. The highest BCUT2D eigenvalue weighted by Crippen LogP contribution is 2.36. The van der Waals surface area contributed by atoms with Gasteiger partial charge >= 0.3 is 0 Å². The van der Waals surface area contributed by atoms with Crippen LogP contribution < -0.4 is 5.32 Å². The van der Waals surface area contributed by atoms with Gasteiger partial charge in [0.2, 0.25) is 5.91 Å². The fourth-order valence-electron chi connectivity index (χ4n) is 2.04. The van der Waals surface area contributed by atoms with Crippen LogP contribution in [0.2, 0.25) is 0 Å². The summed E-state index contributed by atoms with van der Waals surface area (Å²) < 4.78 is 6.88. The SMILES string of the molecule is COCC(=O)NCC1CC(n2ccnc2)C1. The van der Waals surface area contributed by atoms with Crippen molar-refractivity contribution in [3.63, 3.8) is 0 Å². The lowest BCUT2D eigenvalue weighted by Crippen LogP contribution is -2.38. The van der Waals surface area contributed by atoms with Crippen molar-refractivity contribution in [2.45, 2.75) is 18.9 Å². The van der Waals surface area contributed by atoms with Gasteiger partial charge in [-0.15, -0.1) is 0 Å². The number of amides is 1. The molecule has 5 nitrogen and oxygen atoms in total. The monoisotopic (exact) mass is 223 g/mol. The van der Waals surface area contributed by atoms with Gasteiger partial charge in [-0.05, 0) is 18.8 Å². The molecule has 0 aromatic carbocycles. The van der Waals surface area contributed by atoms with E-state index < -0.39 is 0 Å². The van der Waals surface area contributed by atoms with E-state index in [1.807, 2.05) is 12.5 Å². The Labute approximate surface area is 94.8 Å². The standard InChI is InChI=1S/C11H17N3O2/c1-16-7-11(15)13-6-9-4-10(5-9)14-3-2-12-8-14/h2-3,8-10H,4-7H2,1H3,(H,13,15). The van der Waals surface area contributed by atoms with Gasteiger partial charge in [0, 0.05) is 32.1 Å². The van der Waals surface area contributed by atoms with Gasteiger partial charge in [0.15, 0.2) is 0 Å². The highest BCUT2D eigenvalue weighted by molar-refractivity contribution is 5.77. The molecule has 0 aliphatic heterocycles. The lowest BCUT2D eigenvalue weighted by atomic mass is 9.80. The van der Waals surface area contributed by atoms with Crippen LogP contribution in [0, 0.1) is 5.92 Å². The second kappa shape index (κ2) is 5.12. The summed E-state index contributed by atoms with van der Waals surface area (Å²) in [6.07, 6.45) is 7.87. The van der Waals surface area contributed by atoms with Crippen LogP contribution in [-0.2, 0) is 9.53 Å². The second-order valence-corrected chi connectivity index (χ2v) is 4.24. The van der Waals surface area contributed by atoms with Gasteiger partial charge < -0.3 is 14.6 Å². The Kier molecular flexibility index (Phi) is 3.56. The number of nitrogens with one attached hydrogen (secondary N) is 1. The van der Waals surface area contributed by atoms with Crippen LogP contribution in [0.3, 0.4) is 0 Å². The molecule has 1 aromatic rings. The zero-order valence-corrected chi connectivity index (χ0v) is 9.43. The number of aromatic nitrogens is 2. The van der Waals surface area contributed by atoms with E-state index in [1.165, 1.54) is 7.11 Å². The van der Waals surface area contributed by atoms with Crippen molar-refractivity contribution in [2.75, 3.05) is 20.3 Å². The number of hydrogen-bond donors (Lipinski definition) is 1. The Bertz CT molecular complexity index is 331. The number of methoxy groups -OCH3 is 1. The summed E-state index contributed by atoms with van der Waals surface area (Å²) in [5.74, 6) is 0.557. The Morgan fingerprint density at radius 1 is 1.62 bits per heavy atom. The van der Waals surface area contributed by atoms with Crippen molar-refractivity contribution in [2.24, 2.45) is 5.92 Å². The highest BCUT2D eigenvalue weighted by atomic mass is 16.5. The predicted octanol–water partition coefficient (Wildman–Crippen LogP) is 0.597. The molecule has 0 radical (unpaired) electrons. The minimum atomic E-state index is -0.0337. The maximum atomic E-state index is 11.1. The zero-order chi connectivity index (χ0) is 11.4. The van der Waals surface area contributed by atoms with Gasteiger partial charge in [-0.2, -0.15) is 0 Å². The third-order valence-corrected chi connectivity index (χ3v) is 3.02. The minimum Gasteiger partial charge on any atom is -0.375 e. The summed E-state index contributed by atoms with van der Waals surface area (Å²) in [5.41, 5.74) is 0. The van der Waals surface area contributed by atoms with E-state index in [9.17, 15) is 4.79 Å². The van der Waals surface area contributed by atoms with Crippen LogP contribution in [0.4, 0.5) is 0 Å². The number of hydrogen-bond acceptors (Lipinski definition) is 3. The third-order valence-electron chi connectivity index (χ3n) is 3.02. The van der Waals surface area contributed by atoms with Gasteiger partial charge in [0.25, 0.3) is 0 Å². The van der Waals surface area contributed by atoms with Gasteiger partial charge in [0.1, 0.15) is 6.61 Å². The minimum absolute atomic E-state index is 0.0337. The van der Waals surface area contributed by atoms with Crippen LogP contribution in [0.5, 0.6) is 0 Å². The van der Waals surface area contributed by atoms with E-state index in [0.717, 1.165) is 19.4 Å². The number of rotatable bonds is 5. The van der Waals surface area contributed by atoms with Crippen LogP contribution in [0.25, 0.3) is 0 Å². The van der Waals surface area contributed by atoms with Crippen molar-refractivity contribution in [1.82, 2.24) is 14.9 Å². The van der Waals surface area contributed by atoms with Gasteiger partial charge in [0.05, 0.1) is 6.33 Å². The van der Waals surface area contributed by atoms with E-state index in [4.69, 9.17) is 4.74 Å². The van der Waals surface area contributed by atoms with E-state index >= 15 is 0 Å². The number of nitrogens with zero attached hydrogens (tertiary/aromatic N) is 2. The Hall–Kier alpha value is -1.36. The molecule has 1 heterocycles. The number of ether oxygens (including phenoxy) is 1. The van der Waals surface area contributed by atoms with Crippen molar-refractivity contribution in [3.05, 3.63) is 18.7 Å². The molecular formula is C11H17N3O2. The largest absolute Gasteiger partial charge is 0.375 e. The molecule has 1 aromatic heterocycles. The normalized spacial score (nSPS) is 23.8. The first kappa shape index (κ1) is 11.1. The predicted molar refractivity (Wildman–Crippen MR) is 58.9 cm³/mol. The topological polar surface area (TPSA) is 56.1 Å². The van der Waals surface area contributed by atoms with Crippen molar-refractivity contribution in [3.8, 4) is 0 Å². The molecule has 5 heteroatoms. The molecule has 1 aliphatic carbocycles. The molecule has 0 bridgehead atoms. The molecule has 1 amide bonds. The molecule has 2 rings (SSSR count). The Balaban J connectivity index is 1.64. The maximum Gasteiger partial charge on any atom is 0.245 e. The molecule has 1 N–H and O–H groups in total. The first-order valence-electron chi connectivity index (χ1n) is 5.52. The molecule has 1 fully saturated rings. The molecule has 0 saturated heterocycles. The van der Waals surface area contributed by atoms with Crippen molar-refractivity contribution >= 4 is 5.91 Å². The Morgan fingerprint density at radius 3 is 3.06 bits per heavy atom. The first-order valence-corrected chi connectivity index (χ1v) is 5.52. The van der Waals surface area contributed by atoms with E-state index in [0.29, 0.717) is 12.0 Å².